The maximum Gasteiger partial charge on any atom is 0.310 e. The maximum absolute atomic E-state index is 13.6. The summed E-state index contributed by atoms with van der Waals surface area (Å²) >= 11 is 7.82. The zero-order valence-electron chi connectivity index (χ0n) is 19.4. The first-order valence-corrected chi connectivity index (χ1v) is 13.1. The maximum atomic E-state index is 13.6. The third-order valence-electron chi connectivity index (χ3n) is 5.65. The lowest BCUT2D eigenvalue weighted by Gasteiger charge is -2.14. The lowest BCUT2D eigenvalue weighted by Crippen LogP contribution is -2.31. The minimum Gasteiger partial charge on any atom is -0.481 e. The number of halogens is 2. The van der Waals surface area contributed by atoms with Gasteiger partial charge in [0.15, 0.2) is 11.6 Å². The molecule has 11 heteroatoms. The van der Waals surface area contributed by atoms with Crippen LogP contribution in [-0.4, -0.2) is 38.7 Å². The zero-order chi connectivity index (χ0) is 26.7. The molecular weight excluding hydrogens is 538 g/mol. The number of carboxylic acid groups (broad SMARTS) is 1. The summed E-state index contributed by atoms with van der Waals surface area (Å²) in [5.74, 6) is -4.06. The molecule has 0 radical (unpaired) electrons. The summed E-state index contributed by atoms with van der Waals surface area (Å²) in [4.78, 5) is 38.9. The number of carbonyl (C=O) groups is 3. The molecule has 0 saturated carbocycles. The number of thiophene rings is 1. The van der Waals surface area contributed by atoms with Gasteiger partial charge in [-0.25, -0.2) is 8.78 Å². The fourth-order valence-electron chi connectivity index (χ4n) is 3.51. The Hall–Kier alpha value is -3.41. The summed E-state index contributed by atoms with van der Waals surface area (Å²) in [7, 11) is 0. The number of hydrogen-bond donors (Lipinski definition) is 2. The SMILES string of the molecule is CC(C(=O)O)c1ccc(NC(=O)CCN2C(=O)/C(=C/c3cc(-c4ccc(F)c(F)c4)cs3)SC2=S)cc1. The number of rotatable bonds is 8. The van der Waals surface area contributed by atoms with E-state index < -0.39 is 23.5 Å². The lowest BCUT2D eigenvalue weighted by molar-refractivity contribution is -0.138. The van der Waals surface area contributed by atoms with Crippen LogP contribution in [0.5, 0.6) is 0 Å². The standard InChI is InChI=1S/C26H20F2N2O4S3/c1-14(25(33)34)15-2-5-18(6-3-15)29-23(31)8-9-30-24(32)22(37-26(30)35)12-19-10-17(13-36-19)16-4-7-20(27)21(28)11-16/h2-7,10-14H,8-9H2,1H3,(H,29,31)(H,33,34)/b22-12-. The molecule has 1 aliphatic heterocycles. The molecule has 2 heterocycles. The van der Waals surface area contributed by atoms with E-state index in [0.717, 1.165) is 28.8 Å². The van der Waals surface area contributed by atoms with Gasteiger partial charge >= 0.3 is 5.97 Å². The predicted octanol–water partition coefficient (Wildman–Crippen LogP) is 6.11. The molecule has 3 aromatic rings. The molecule has 1 saturated heterocycles. The summed E-state index contributed by atoms with van der Waals surface area (Å²) in [6.07, 6.45) is 1.71. The van der Waals surface area contributed by atoms with E-state index in [-0.39, 0.29) is 24.8 Å². The van der Waals surface area contributed by atoms with E-state index in [0.29, 0.717) is 31.6 Å². The first-order valence-electron chi connectivity index (χ1n) is 11.0. The van der Waals surface area contributed by atoms with Gasteiger partial charge in [-0.1, -0.05) is 42.2 Å². The zero-order valence-corrected chi connectivity index (χ0v) is 21.8. The van der Waals surface area contributed by atoms with E-state index in [4.69, 9.17) is 17.3 Å². The van der Waals surface area contributed by atoms with E-state index in [1.807, 2.05) is 0 Å². The van der Waals surface area contributed by atoms with Crippen LogP contribution in [0.2, 0.25) is 0 Å². The quantitative estimate of drug-likeness (QED) is 0.256. The number of anilines is 1. The van der Waals surface area contributed by atoms with Crippen LogP contribution in [0.25, 0.3) is 17.2 Å². The molecule has 37 heavy (non-hydrogen) atoms. The summed E-state index contributed by atoms with van der Waals surface area (Å²) in [6, 6.07) is 12.0. The van der Waals surface area contributed by atoms with Gasteiger partial charge in [0.25, 0.3) is 5.91 Å². The van der Waals surface area contributed by atoms with Crippen molar-refractivity contribution in [1.29, 1.82) is 0 Å². The van der Waals surface area contributed by atoms with Crippen LogP contribution in [-0.2, 0) is 14.4 Å². The predicted molar refractivity (Wildman–Crippen MR) is 145 cm³/mol. The topological polar surface area (TPSA) is 86.7 Å². The van der Waals surface area contributed by atoms with E-state index in [1.165, 1.54) is 22.3 Å². The third kappa shape index (κ3) is 6.30. The molecule has 6 nitrogen and oxygen atoms in total. The summed E-state index contributed by atoms with van der Waals surface area (Å²) in [6.45, 7) is 1.68. The number of carboxylic acids is 1. The van der Waals surface area contributed by atoms with Gasteiger partial charge in [-0.2, -0.15) is 0 Å². The molecule has 0 spiro atoms. The highest BCUT2D eigenvalue weighted by molar-refractivity contribution is 8.26. The van der Waals surface area contributed by atoms with Crippen molar-refractivity contribution in [2.24, 2.45) is 0 Å². The van der Waals surface area contributed by atoms with Gasteiger partial charge < -0.3 is 10.4 Å². The van der Waals surface area contributed by atoms with E-state index in [9.17, 15) is 23.2 Å². The van der Waals surface area contributed by atoms with Crippen LogP contribution in [0.4, 0.5) is 14.5 Å². The fraction of sp³-hybridized carbons (Fsp3) is 0.154. The third-order valence-corrected chi connectivity index (χ3v) is 7.90. The number of benzene rings is 2. The molecule has 1 unspecified atom stereocenters. The number of amides is 2. The van der Waals surface area contributed by atoms with E-state index in [2.05, 4.69) is 5.32 Å². The van der Waals surface area contributed by atoms with Crippen molar-refractivity contribution in [2.75, 3.05) is 11.9 Å². The summed E-state index contributed by atoms with van der Waals surface area (Å²) in [5.41, 5.74) is 2.37. The van der Waals surface area contributed by atoms with Crippen molar-refractivity contribution in [1.82, 2.24) is 4.90 Å². The number of thiocarbonyl (C=S) groups is 1. The van der Waals surface area contributed by atoms with Gasteiger partial charge in [0.2, 0.25) is 5.91 Å². The van der Waals surface area contributed by atoms with Gasteiger partial charge in [0.1, 0.15) is 4.32 Å². The molecule has 0 aliphatic carbocycles. The Kier molecular flexibility index (Phi) is 8.16. The Bertz CT molecular complexity index is 1420. The van der Waals surface area contributed by atoms with Crippen LogP contribution in [0, 0.1) is 11.6 Å². The Morgan fingerprint density at radius 3 is 2.51 bits per heavy atom. The Balaban J connectivity index is 1.35. The van der Waals surface area contributed by atoms with Crippen molar-refractivity contribution < 1.29 is 28.3 Å². The molecule has 0 bridgehead atoms. The Morgan fingerprint density at radius 2 is 1.84 bits per heavy atom. The monoisotopic (exact) mass is 558 g/mol. The Labute approximate surface area is 225 Å². The number of nitrogens with zero attached hydrogens (tertiary/aromatic N) is 1. The van der Waals surface area contributed by atoms with Crippen molar-refractivity contribution in [3.05, 3.63) is 80.9 Å². The summed E-state index contributed by atoms with van der Waals surface area (Å²) in [5, 5.41) is 13.6. The average molecular weight is 559 g/mol. The fourth-order valence-corrected chi connectivity index (χ4v) is 5.73. The minimum atomic E-state index is -0.933. The molecule has 1 aromatic heterocycles. The molecule has 4 rings (SSSR count). The van der Waals surface area contributed by atoms with E-state index in [1.54, 1.807) is 48.7 Å². The number of hydrogen-bond acceptors (Lipinski definition) is 6. The number of carbonyl (C=O) groups excluding carboxylic acids is 2. The Morgan fingerprint density at radius 1 is 1.11 bits per heavy atom. The second-order valence-electron chi connectivity index (χ2n) is 8.18. The molecule has 2 N–H and O–H groups in total. The smallest absolute Gasteiger partial charge is 0.310 e. The van der Waals surface area contributed by atoms with Crippen molar-refractivity contribution >= 4 is 69.2 Å². The summed E-state index contributed by atoms with van der Waals surface area (Å²) < 4.78 is 27.1. The highest BCUT2D eigenvalue weighted by Gasteiger charge is 2.32. The van der Waals surface area contributed by atoms with Gasteiger partial charge in [-0.15, -0.1) is 11.3 Å². The molecule has 1 atom stereocenters. The normalized spacial score (nSPS) is 15.3. The van der Waals surface area contributed by atoms with Crippen molar-refractivity contribution in [3.63, 3.8) is 0 Å². The molecule has 190 valence electrons. The molecule has 2 amide bonds. The number of thioether (sulfide) groups is 1. The second-order valence-corrected chi connectivity index (χ2v) is 10.8. The first-order chi connectivity index (χ1) is 17.6. The van der Waals surface area contributed by atoms with Crippen LogP contribution >= 0.6 is 35.3 Å². The lowest BCUT2D eigenvalue weighted by atomic mass is 10.0. The van der Waals surface area contributed by atoms with Gasteiger partial charge in [-0.3, -0.25) is 19.3 Å². The average Bonchev–Trinajstić information content (AvgIpc) is 3.43. The largest absolute Gasteiger partial charge is 0.481 e. The first kappa shape index (κ1) is 26.6. The number of aliphatic carboxylic acids is 1. The molecule has 1 aliphatic rings. The van der Waals surface area contributed by atoms with E-state index >= 15 is 0 Å². The van der Waals surface area contributed by atoms with Gasteiger partial charge in [-0.05, 0) is 65.4 Å². The van der Waals surface area contributed by atoms with Crippen LogP contribution in [0.1, 0.15) is 29.7 Å². The number of nitrogens with one attached hydrogen (secondary N) is 1. The molecule has 1 fully saturated rings. The van der Waals surface area contributed by atoms with Gasteiger partial charge in [0, 0.05) is 23.5 Å². The van der Waals surface area contributed by atoms with Crippen molar-refractivity contribution in [3.8, 4) is 11.1 Å². The second kappa shape index (κ2) is 11.3. The van der Waals surface area contributed by atoms with Crippen LogP contribution < -0.4 is 5.32 Å². The highest BCUT2D eigenvalue weighted by Crippen LogP contribution is 2.35. The van der Waals surface area contributed by atoms with Crippen LogP contribution in [0.15, 0.2) is 58.8 Å². The minimum absolute atomic E-state index is 0.0201. The highest BCUT2D eigenvalue weighted by atomic mass is 32.2. The molecule has 2 aromatic carbocycles. The van der Waals surface area contributed by atoms with Gasteiger partial charge in [0.05, 0.1) is 10.8 Å². The van der Waals surface area contributed by atoms with Crippen molar-refractivity contribution in [2.45, 2.75) is 19.3 Å². The molecular formula is C26H20F2N2O4S3. The van der Waals surface area contributed by atoms with Crippen LogP contribution in [0.3, 0.4) is 0 Å².